The predicted octanol–water partition coefficient (Wildman–Crippen LogP) is 4.03. The van der Waals surface area contributed by atoms with Gasteiger partial charge in [-0.2, -0.15) is 5.26 Å². The van der Waals surface area contributed by atoms with E-state index in [1.54, 1.807) is 7.11 Å². The molecule has 0 atom stereocenters. The monoisotopic (exact) mass is 378 g/mol. The number of pyridine rings is 1. The summed E-state index contributed by atoms with van der Waals surface area (Å²) in [5.41, 5.74) is 5.91. The van der Waals surface area contributed by atoms with Gasteiger partial charge in [0.25, 0.3) is 0 Å². The van der Waals surface area contributed by atoms with Gasteiger partial charge in [-0.15, -0.1) is 0 Å². The molecule has 1 aromatic heterocycles. The van der Waals surface area contributed by atoms with Crippen LogP contribution in [0.4, 0.5) is 5.69 Å². The largest absolute Gasteiger partial charge is 0.495 e. The zero-order valence-electron chi connectivity index (χ0n) is 15.0. The van der Waals surface area contributed by atoms with Crippen LogP contribution in [0.15, 0.2) is 36.4 Å². The molecule has 0 spiro atoms. The second-order valence-corrected chi connectivity index (χ2v) is 6.91. The highest BCUT2D eigenvalue weighted by atomic mass is 35.5. The Balaban J connectivity index is 1.75. The van der Waals surface area contributed by atoms with Crippen molar-refractivity contribution in [2.24, 2.45) is 0 Å². The minimum Gasteiger partial charge on any atom is -0.495 e. The summed E-state index contributed by atoms with van der Waals surface area (Å²) in [5, 5.41) is 17.8. The SMILES string of the molecule is COc1ccc(CNc2c3c(nc4ccc(C#N)cc24)CCNC3)cc1Cl. The summed E-state index contributed by atoms with van der Waals surface area (Å²) in [6.07, 6.45) is 0.897. The lowest BCUT2D eigenvalue weighted by molar-refractivity contribution is 0.415. The molecule has 1 aliphatic rings. The van der Waals surface area contributed by atoms with Gasteiger partial charge in [0, 0.05) is 42.7 Å². The maximum atomic E-state index is 9.28. The Kier molecular flexibility index (Phi) is 4.85. The van der Waals surface area contributed by atoms with E-state index < -0.39 is 0 Å². The van der Waals surface area contributed by atoms with Gasteiger partial charge >= 0.3 is 0 Å². The third-order valence-electron chi connectivity index (χ3n) is 4.83. The summed E-state index contributed by atoms with van der Waals surface area (Å²) >= 11 is 6.25. The van der Waals surface area contributed by atoms with Crippen LogP contribution in [0.25, 0.3) is 10.9 Å². The van der Waals surface area contributed by atoms with Crippen molar-refractivity contribution in [1.82, 2.24) is 10.3 Å². The number of fused-ring (bicyclic) bond motifs is 2. The molecule has 1 aliphatic heterocycles. The quantitative estimate of drug-likeness (QED) is 0.717. The minimum absolute atomic E-state index is 0.590. The highest BCUT2D eigenvalue weighted by Crippen LogP contribution is 2.32. The molecule has 5 nitrogen and oxygen atoms in total. The van der Waals surface area contributed by atoms with Crippen LogP contribution in [0, 0.1) is 11.3 Å². The molecule has 4 rings (SSSR count). The van der Waals surface area contributed by atoms with Crippen LogP contribution in [0.3, 0.4) is 0 Å². The summed E-state index contributed by atoms with van der Waals surface area (Å²) in [7, 11) is 1.61. The van der Waals surface area contributed by atoms with Crippen molar-refractivity contribution in [3.8, 4) is 11.8 Å². The molecule has 2 heterocycles. The number of anilines is 1. The van der Waals surface area contributed by atoms with E-state index >= 15 is 0 Å². The number of aromatic nitrogens is 1. The van der Waals surface area contributed by atoms with Gasteiger partial charge in [-0.25, -0.2) is 0 Å². The number of nitriles is 1. The predicted molar refractivity (Wildman–Crippen MR) is 107 cm³/mol. The van der Waals surface area contributed by atoms with Gasteiger partial charge in [-0.05, 0) is 35.9 Å². The molecule has 0 bridgehead atoms. The van der Waals surface area contributed by atoms with Gasteiger partial charge < -0.3 is 15.4 Å². The standard InChI is InChI=1S/C21H19ClN4O/c1-27-20-5-3-14(9-17(20)22)11-25-21-15-8-13(10-23)2-4-18(15)26-19-6-7-24-12-16(19)21/h2-5,8-9,24H,6-7,11-12H2,1H3,(H,25,26). The number of nitrogens with zero attached hydrogens (tertiary/aromatic N) is 2. The summed E-state index contributed by atoms with van der Waals surface area (Å²) in [5.74, 6) is 0.662. The summed E-state index contributed by atoms with van der Waals surface area (Å²) < 4.78 is 5.22. The number of hydrogen-bond donors (Lipinski definition) is 2. The molecule has 3 aromatic rings. The summed E-state index contributed by atoms with van der Waals surface area (Å²) in [6.45, 7) is 2.31. The van der Waals surface area contributed by atoms with E-state index in [9.17, 15) is 5.26 Å². The van der Waals surface area contributed by atoms with Crippen molar-refractivity contribution in [3.63, 3.8) is 0 Å². The van der Waals surface area contributed by atoms with Gasteiger partial charge in [-0.3, -0.25) is 4.98 Å². The first-order valence-corrected chi connectivity index (χ1v) is 9.20. The fraction of sp³-hybridized carbons (Fsp3) is 0.238. The number of rotatable bonds is 4. The van der Waals surface area contributed by atoms with E-state index in [0.29, 0.717) is 22.9 Å². The van der Waals surface area contributed by atoms with Crippen molar-refractivity contribution in [2.45, 2.75) is 19.5 Å². The first-order chi connectivity index (χ1) is 13.2. The van der Waals surface area contributed by atoms with Crippen LogP contribution >= 0.6 is 11.6 Å². The van der Waals surface area contributed by atoms with Crippen LogP contribution < -0.4 is 15.4 Å². The van der Waals surface area contributed by atoms with E-state index in [4.69, 9.17) is 21.3 Å². The number of nitrogens with one attached hydrogen (secondary N) is 2. The Morgan fingerprint density at radius 3 is 2.96 bits per heavy atom. The topological polar surface area (TPSA) is 70.0 Å². The Hall–Kier alpha value is -2.81. The van der Waals surface area contributed by atoms with Crippen LogP contribution in [0.2, 0.25) is 5.02 Å². The minimum atomic E-state index is 0.590. The maximum absolute atomic E-state index is 9.28. The second kappa shape index (κ2) is 7.43. The average molecular weight is 379 g/mol. The highest BCUT2D eigenvalue weighted by Gasteiger charge is 2.18. The van der Waals surface area contributed by atoms with Crippen molar-refractivity contribution >= 4 is 28.2 Å². The Bertz CT molecular complexity index is 1060. The number of benzene rings is 2. The van der Waals surface area contributed by atoms with Gasteiger partial charge in [-0.1, -0.05) is 17.7 Å². The Morgan fingerprint density at radius 1 is 1.30 bits per heavy atom. The first-order valence-electron chi connectivity index (χ1n) is 8.82. The van der Waals surface area contributed by atoms with Crippen molar-refractivity contribution < 1.29 is 4.74 Å². The molecule has 0 unspecified atom stereocenters. The number of hydrogen-bond acceptors (Lipinski definition) is 5. The molecule has 0 fully saturated rings. The maximum Gasteiger partial charge on any atom is 0.137 e. The lowest BCUT2D eigenvalue weighted by Gasteiger charge is -2.22. The molecule has 0 saturated carbocycles. The van der Waals surface area contributed by atoms with Gasteiger partial charge in [0.15, 0.2) is 0 Å². The molecule has 0 amide bonds. The molecule has 2 N–H and O–H groups in total. The lowest BCUT2D eigenvalue weighted by Crippen LogP contribution is -2.26. The van der Waals surface area contributed by atoms with Crippen molar-refractivity contribution in [1.29, 1.82) is 5.26 Å². The zero-order chi connectivity index (χ0) is 18.8. The molecular formula is C21H19ClN4O. The van der Waals surface area contributed by atoms with Crippen LogP contribution in [-0.4, -0.2) is 18.6 Å². The zero-order valence-corrected chi connectivity index (χ0v) is 15.7. The fourth-order valence-electron chi connectivity index (χ4n) is 3.45. The molecular weight excluding hydrogens is 360 g/mol. The molecule has 6 heteroatoms. The van der Waals surface area contributed by atoms with E-state index in [1.807, 2.05) is 36.4 Å². The van der Waals surface area contributed by atoms with E-state index in [1.165, 1.54) is 5.56 Å². The third kappa shape index (κ3) is 3.42. The fourth-order valence-corrected chi connectivity index (χ4v) is 3.73. The van der Waals surface area contributed by atoms with Crippen LogP contribution in [0.5, 0.6) is 5.75 Å². The van der Waals surface area contributed by atoms with Gasteiger partial charge in [0.2, 0.25) is 0 Å². The number of ether oxygens (including phenoxy) is 1. The van der Waals surface area contributed by atoms with Crippen LogP contribution in [-0.2, 0) is 19.5 Å². The number of methoxy groups -OCH3 is 1. The van der Waals surface area contributed by atoms with Crippen molar-refractivity contribution in [2.75, 3.05) is 19.0 Å². The molecule has 136 valence electrons. The van der Waals surface area contributed by atoms with E-state index in [2.05, 4.69) is 16.7 Å². The third-order valence-corrected chi connectivity index (χ3v) is 5.12. The van der Waals surface area contributed by atoms with Gasteiger partial charge in [0.05, 0.1) is 35.0 Å². The number of halogens is 1. The first kappa shape index (κ1) is 17.6. The molecule has 0 radical (unpaired) electrons. The average Bonchev–Trinajstić information content (AvgIpc) is 2.70. The molecule has 0 aliphatic carbocycles. The van der Waals surface area contributed by atoms with Gasteiger partial charge in [0.1, 0.15) is 5.75 Å². The molecule has 2 aromatic carbocycles. The highest BCUT2D eigenvalue weighted by molar-refractivity contribution is 6.32. The summed E-state index contributed by atoms with van der Waals surface area (Å²) in [4.78, 5) is 4.82. The normalized spacial score (nSPS) is 13.1. The molecule has 0 saturated heterocycles. The lowest BCUT2D eigenvalue weighted by atomic mass is 9.99. The Labute approximate surface area is 162 Å². The van der Waals surface area contributed by atoms with E-state index in [0.717, 1.165) is 47.4 Å². The Morgan fingerprint density at radius 2 is 2.19 bits per heavy atom. The molecule has 27 heavy (non-hydrogen) atoms. The summed E-state index contributed by atoms with van der Waals surface area (Å²) in [6, 6.07) is 13.6. The van der Waals surface area contributed by atoms with E-state index in [-0.39, 0.29) is 0 Å². The van der Waals surface area contributed by atoms with Crippen LogP contribution in [0.1, 0.15) is 22.4 Å². The smallest absolute Gasteiger partial charge is 0.137 e. The second-order valence-electron chi connectivity index (χ2n) is 6.51. The van der Waals surface area contributed by atoms with Crippen molar-refractivity contribution in [3.05, 3.63) is 63.8 Å².